The second-order valence-corrected chi connectivity index (χ2v) is 5.03. The van der Waals surface area contributed by atoms with Crippen molar-refractivity contribution in [2.45, 2.75) is 20.4 Å². The van der Waals surface area contributed by atoms with E-state index in [9.17, 15) is 5.11 Å². The molecule has 1 aromatic carbocycles. The second kappa shape index (κ2) is 5.06. The number of hydrogen-bond donors (Lipinski definition) is 1. The largest absolute Gasteiger partial charge is 0.395 e. The minimum Gasteiger partial charge on any atom is -0.395 e. The molecule has 0 saturated heterocycles. The highest BCUT2D eigenvalue weighted by Gasteiger charge is 2.13. The minimum atomic E-state index is 0.0693. The molecule has 4 heteroatoms. The highest BCUT2D eigenvalue weighted by molar-refractivity contribution is 5.77. The molecule has 0 aliphatic rings. The molecule has 0 aliphatic heterocycles. The quantitative estimate of drug-likeness (QED) is 0.793. The predicted octanol–water partition coefficient (Wildman–Crippen LogP) is 2.71. The summed E-state index contributed by atoms with van der Waals surface area (Å²) in [5.41, 5.74) is 5.03. The molecule has 4 nitrogen and oxygen atoms in total. The molecule has 0 aliphatic carbocycles. The lowest BCUT2D eigenvalue weighted by Gasteiger charge is -2.07. The molecule has 0 radical (unpaired) electrons. The summed E-state index contributed by atoms with van der Waals surface area (Å²) in [5, 5.41) is 9.29. The van der Waals surface area contributed by atoms with Gasteiger partial charge in [-0.3, -0.25) is 0 Å². The Bertz CT molecular complexity index is 744. The van der Waals surface area contributed by atoms with E-state index in [0.717, 1.165) is 28.1 Å². The van der Waals surface area contributed by atoms with Gasteiger partial charge in [-0.25, -0.2) is 9.97 Å². The zero-order valence-corrected chi connectivity index (χ0v) is 11.7. The van der Waals surface area contributed by atoms with E-state index in [1.807, 2.05) is 23.8 Å². The van der Waals surface area contributed by atoms with Gasteiger partial charge in [-0.15, -0.1) is 0 Å². The van der Waals surface area contributed by atoms with Crippen molar-refractivity contribution in [2.75, 3.05) is 6.61 Å². The molecule has 0 atom stereocenters. The van der Waals surface area contributed by atoms with E-state index in [1.54, 1.807) is 0 Å². The van der Waals surface area contributed by atoms with Crippen LogP contribution in [0.1, 0.15) is 11.1 Å². The molecule has 102 valence electrons. The summed E-state index contributed by atoms with van der Waals surface area (Å²) in [4.78, 5) is 9.13. The normalized spacial score (nSPS) is 11.2. The summed E-state index contributed by atoms with van der Waals surface area (Å²) >= 11 is 0. The van der Waals surface area contributed by atoms with Crippen molar-refractivity contribution < 1.29 is 5.11 Å². The molecule has 0 bridgehead atoms. The van der Waals surface area contributed by atoms with Crippen molar-refractivity contribution in [1.82, 2.24) is 14.5 Å². The maximum absolute atomic E-state index is 9.29. The van der Waals surface area contributed by atoms with E-state index in [0.29, 0.717) is 6.54 Å². The summed E-state index contributed by atoms with van der Waals surface area (Å²) in [6.07, 6.45) is 1.83. The van der Waals surface area contributed by atoms with E-state index in [1.165, 1.54) is 5.56 Å². The number of aliphatic hydroxyl groups is 1. The third kappa shape index (κ3) is 2.18. The summed E-state index contributed by atoms with van der Waals surface area (Å²) in [7, 11) is 0. The Morgan fingerprint density at radius 1 is 1.10 bits per heavy atom. The molecule has 2 heterocycles. The number of rotatable bonds is 3. The van der Waals surface area contributed by atoms with Crippen LogP contribution in [0.3, 0.4) is 0 Å². The van der Waals surface area contributed by atoms with Crippen molar-refractivity contribution in [1.29, 1.82) is 0 Å². The van der Waals surface area contributed by atoms with Crippen LogP contribution in [0, 0.1) is 13.8 Å². The van der Waals surface area contributed by atoms with Crippen molar-refractivity contribution in [3.8, 4) is 11.4 Å². The molecule has 0 unspecified atom stereocenters. The lowest BCUT2D eigenvalue weighted by atomic mass is 10.1. The Morgan fingerprint density at radius 2 is 1.85 bits per heavy atom. The summed E-state index contributed by atoms with van der Waals surface area (Å²) in [6.45, 7) is 4.63. The van der Waals surface area contributed by atoms with Crippen LogP contribution in [0.25, 0.3) is 22.6 Å². The Hall–Kier alpha value is -2.20. The average molecular weight is 267 g/mol. The van der Waals surface area contributed by atoms with Gasteiger partial charge >= 0.3 is 0 Å². The van der Waals surface area contributed by atoms with Crippen LogP contribution < -0.4 is 0 Å². The van der Waals surface area contributed by atoms with Gasteiger partial charge in [-0.1, -0.05) is 29.8 Å². The van der Waals surface area contributed by atoms with Crippen molar-refractivity contribution in [3.05, 3.63) is 47.7 Å². The molecule has 20 heavy (non-hydrogen) atoms. The van der Waals surface area contributed by atoms with Crippen molar-refractivity contribution >= 4 is 11.2 Å². The number of benzene rings is 1. The van der Waals surface area contributed by atoms with Gasteiger partial charge < -0.3 is 9.67 Å². The Morgan fingerprint density at radius 3 is 2.55 bits per heavy atom. The highest BCUT2D eigenvalue weighted by atomic mass is 16.3. The van der Waals surface area contributed by atoms with Gasteiger partial charge in [0.1, 0.15) is 11.3 Å². The molecule has 0 amide bonds. The Balaban J connectivity index is 2.22. The number of fused-ring (bicyclic) bond motifs is 1. The number of aliphatic hydroxyl groups excluding tert-OH is 1. The number of pyridine rings is 1. The monoisotopic (exact) mass is 267 g/mol. The van der Waals surface area contributed by atoms with Gasteiger partial charge in [0.15, 0.2) is 5.65 Å². The maximum Gasteiger partial charge on any atom is 0.160 e. The molecular formula is C16H17N3O. The van der Waals surface area contributed by atoms with Gasteiger partial charge in [0, 0.05) is 18.3 Å². The fourth-order valence-electron chi connectivity index (χ4n) is 2.35. The molecule has 2 aromatic heterocycles. The molecule has 0 spiro atoms. The van der Waals surface area contributed by atoms with E-state index in [4.69, 9.17) is 0 Å². The number of aromatic nitrogens is 3. The van der Waals surface area contributed by atoms with E-state index in [2.05, 4.69) is 41.2 Å². The zero-order valence-electron chi connectivity index (χ0n) is 11.7. The summed E-state index contributed by atoms with van der Waals surface area (Å²) < 4.78 is 1.97. The minimum absolute atomic E-state index is 0.0693. The molecule has 0 saturated carbocycles. The first-order chi connectivity index (χ1) is 9.69. The lowest BCUT2D eigenvalue weighted by molar-refractivity contribution is 0.278. The van der Waals surface area contributed by atoms with Gasteiger partial charge in [-0.2, -0.15) is 0 Å². The Labute approximate surface area is 117 Å². The standard InChI is InChI=1S/C16H17N3O/c1-11-3-5-13(6-4-11)15-18-14-9-12(2)10-17-16(14)19(15)7-8-20/h3-6,9-10,20H,7-8H2,1-2H3. The fraction of sp³-hybridized carbons (Fsp3) is 0.250. The third-order valence-electron chi connectivity index (χ3n) is 3.36. The van der Waals surface area contributed by atoms with Crippen LogP contribution >= 0.6 is 0 Å². The Kier molecular flexibility index (Phi) is 3.24. The van der Waals surface area contributed by atoms with Crippen LogP contribution in [-0.2, 0) is 6.54 Å². The third-order valence-corrected chi connectivity index (χ3v) is 3.36. The molecular weight excluding hydrogens is 250 g/mol. The first kappa shape index (κ1) is 12.8. The average Bonchev–Trinajstić information content (AvgIpc) is 2.78. The maximum atomic E-state index is 9.29. The van der Waals surface area contributed by atoms with Crippen molar-refractivity contribution in [2.24, 2.45) is 0 Å². The van der Waals surface area contributed by atoms with Gasteiger partial charge in [0.05, 0.1) is 6.61 Å². The van der Waals surface area contributed by atoms with E-state index < -0.39 is 0 Å². The lowest BCUT2D eigenvalue weighted by Crippen LogP contribution is -2.05. The topological polar surface area (TPSA) is 50.9 Å². The first-order valence-corrected chi connectivity index (χ1v) is 6.70. The number of nitrogens with zero attached hydrogens (tertiary/aromatic N) is 3. The highest BCUT2D eigenvalue weighted by Crippen LogP contribution is 2.24. The fourth-order valence-corrected chi connectivity index (χ4v) is 2.35. The van der Waals surface area contributed by atoms with E-state index >= 15 is 0 Å². The van der Waals surface area contributed by atoms with Crippen LogP contribution in [0.4, 0.5) is 0 Å². The van der Waals surface area contributed by atoms with Crippen LogP contribution in [0.5, 0.6) is 0 Å². The SMILES string of the molecule is Cc1ccc(-c2nc3cc(C)cnc3n2CCO)cc1. The van der Waals surface area contributed by atoms with Gasteiger partial charge in [-0.05, 0) is 25.5 Å². The smallest absolute Gasteiger partial charge is 0.160 e. The van der Waals surface area contributed by atoms with Crippen LogP contribution in [0.15, 0.2) is 36.5 Å². The second-order valence-electron chi connectivity index (χ2n) is 5.03. The molecule has 1 N–H and O–H groups in total. The van der Waals surface area contributed by atoms with Crippen LogP contribution in [-0.4, -0.2) is 26.2 Å². The van der Waals surface area contributed by atoms with Crippen molar-refractivity contribution in [3.63, 3.8) is 0 Å². The molecule has 3 rings (SSSR count). The zero-order chi connectivity index (χ0) is 14.1. The predicted molar refractivity (Wildman–Crippen MR) is 79.5 cm³/mol. The number of hydrogen-bond acceptors (Lipinski definition) is 3. The summed E-state index contributed by atoms with van der Waals surface area (Å²) in [5.74, 6) is 0.854. The molecule has 0 fully saturated rings. The summed E-state index contributed by atoms with van der Waals surface area (Å²) in [6, 6.07) is 10.3. The number of aryl methyl sites for hydroxylation is 2. The van der Waals surface area contributed by atoms with Gasteiger partial charge in [0.25, 0.3) is 0 Å². The molecule has 3 aromatic rings. The first-order valence-electron chi connectivity index (χ1n) is 6.70. The van der Waals surface area contributed by atoms with Crippen LogP contribution in [0.2, 0.25) is 0 Å². The van der Waals surface area contributed by atoms with E-state index in [-0.39, 0.29) is 6.61 Å². The van der Waals surface area contributed by atoms with Gasteiger partial charge in [0.2, 0.25) is 0 Å². The number of imidazole rings is 1.